The van der Waals surface area contributed by atoms with Crippen LogP contribution in [0.4, 0.5) is 0 Å². The summed E-state index contributed by atoms with van der Waals surface area (Å²) in [6.07, 6.45) is 0.0287. The zero-order valence-corrected chi connectivity index (χ0v) is 14.5. The second-order valence-electron chi connectivity index (χ2n) is 5.30. The van der Waals surface area contributed by atoms with Gasteiger partial charge in [-0.05, 0) is 30.2 Å². The lowest BCUT2D eigenvalue weighted by Gasteiger charge is -2.17. The van der Waals surface area contributed by atoms with Crippen LogP contribution in [0.5, 0.6) is 5.75 Å². The van der Waals surface area contributed by atoms with Gasteiger partial charge in [0, 0.05) is 11.6 Å². The highest BCUT2D eigenvalue weighted by Crippen LogP contribution is 2.19. The molecule has 1 amide bonds. The molecule has 1 N–H and O–H groups in total. The Morgan fingerprint density at radius 3 is 2.67 bits per heavy atom. The third-order valence-corrected chi connectivity index (χ3v) is 3.63. The zero-order chi connectivity index (χ0) is 17.2. The Balaban J connectivity index is 1.70. The molecule has 1 atom stereocenters. The monoisotopic (exact) mass is 347 g/mol. The normalized spacial score (nSPS) is 11.8. The van der Waals surface area contributed by atoms with Gasteiger partial charge in [-0.3, -0.25) is 4.79 Å². The quantitative estimate of drug-likeness (QED) is 0.701. The standard InChI is InChI=1S/C19H22ClNO3/c1-2-18(24-17-10-6-9-16(20)13-17)19(22)21-11-12-23-14-15-7-4-3-5-8-15/h3-10,13,18H,2,11-12,14H2,1H3,(H,21,22)/t18-/m0/s1. The summed E-state index contributed by atoms with van der Waals surface area (Å²) in [6, 6.07) is 17.0. The van der Waals surface area contributed by atoms with Crippen LogP contribution in [0.1, 0.15) is 18.9 Å². The maximum absolute atomic E-state index is 12.2. The van der Waals surface area contributed by atoms with Crippen LogP contribution in [-0.2, 0) is 16.1 Å². The number of ether oxygens (including phenoxy) is 2. The van der Waals surface area contributed by atoms with E-state index in [1.165, 1.54) is 0 Å². The minimum absolute atomic E-state index is 0.152. The van der Waals surface area contributed by atoms with E-state index in [0.29, 0.717) is 37.0 Å². The molecule has 4 nitrogen and oxygen atoms in total. The van der Waals surface area contributed by atoms with Crippen molar-refractivity contribution < 1.29 is 14.3 Å². The first-order valence-corrected chi connectivity index (χ1v) is 8.38. The van der Waals surface area contributed by atoms with Crippen LogP contribution in [0.25, 0.3) is 0 Å². The molecule has 0 aromatic heterocycles. The van der Waals surface area contributed by atoms with Crippen molar-refractivity contribution in [3.8, 4) is 5.75 Å². The number of halogens is 1. The van der Waals surface area contributed by atoms with Gasteiger partial charge >= 0.3 is 0 Å². The van der Waals surface area contributed by atoms with E-state index in [9.17, 15) is 4.79 Å². The molecule has 0 aliphatic carbocycles. The van der Waals surface area contributed by atoms with E-state index in [1.807, 2.05) is 37.3 Å². The van der Waals surface area contributed by atoms with Crippen molar-refractivity contribution in [3.63, 3.8) is 0 Å². The predicted octanol–water partition coefficient (Wildman–Crippen LogP) is 3.83. The first kappa shape index (κ1) is 18.3. The lowest BCUT2D eigenvalue weighted by atomic mass is 10.2. The number of rotatable bonds is 9. The number of nitrogens with one attached hydrogen (secondary N) is 1. The number of hydrogen-bond acceptors (Lipinski definition) is 3. The lowest BCUT2D eigenvalue weighted by molar-refractivity contribution is -0.128. The third-order valence-electron chi connectivity index (χ3n) is 3.39. The summed E-state index contributed by atoms with van der Waals surface area (Å²) < 4.78 is 11.2. The van der Waals surface area contributed by atoms with Crippen LogP contribution >= 0.6 is 11.6 Å². The van der Waals surface area contributed by atoms with Gasteiger partial charge in [0.2, 0.25) is 0 Å². The van der Waals surface area contributed by atoms with Gasteiger partial charge in [-0.1, -0.05) is 54.9 Å². The van der Waals surface area contributed by atoms with Gasteiger partial charge in [0.05, 0.1) is 13.2 Å². The Bertz CT molecular complexity index is 634. The van der Waals surface area contributed by atoms with Gasteiger partial charge in [-0.15, -0.1) is 0 Å². The molecule has 5 heteroatoms. The highest BCUT2D eigenvalue weighted by atomic mass is 35.5. The largest absolute Gasteiger partial charge is 0.481 e. The lowest BCUT2D eigenvalue weighted by Crippen LogP contribution is -2.39. The second kappa shape index (κ2) is 9.96. The molecule has 0 aliphatic rings. The van der Waals surface area contributed by atoms with E-state index in [2.05, 4.69) is 5.32 Å². The SMILES string of the molecule is CC[C@H](Oc1cccc(Cl)c1)C(=O)NCCOCc1ccccc1. The molecule has 24 heavy (non-hydrogen) atoms. The van der Waals surface area contributed by atoms with Gasteiger partial charge in [-0.2, -0.15) is 0 Å². The third kappa shape index (κ3) is 6.22. The van der Waals surface area contributed by atoms with Gasteiger partial charge in [-0.25, -0.2) is 0 Å². The molecule has 2 aromatic rings. The van der Waals surface area contributed by atoms with Gasteiger partial charge < -0.3 is 14.8 Å². The molecule has 0 saturated carbocycles. The zero-order valence-electron chi connectivity index (χ0n) is 13.7. The van der Waals surface area contributed by atoms with Crippen LogP contribution in [-0.4, -0.2) is 25.2 Å². The number of hydrogen-bond donors (Lipinski definition) is 1. The van der Waals surface area contributed by atoms with Crippen LogP contribution in [0.15, 0.2) is 54.6 Å². The van der Waals surface area contributed by atoms with Crippen LogP contribution in [0.3, 0.4) is 0 Å². The van der Waals surface area contributed by atoms with E-state index in [1.54, 1.807) is 24.3 Å². The van der Waals surface area contributed by atoms with E-state index in [4.69, 9.17) is 21.1 Å². The first-order chi connectivity index (χ1) is 11.7. The Morgan fingerprint density at radius 1 is 1.17 bits per heavy atom. The molecule has 0 aliphatic heterocycles. The minimum atomic E-state index is -0.544. The van der Waals surface area contributed by atoms with Crippen molar-refractivity contribution >= 4 is 17.5 Å². The molecule has 0 unspecified atom stereocenters. The van der Waals surface area contributed by atoms with Crippen molar-refractivity contribution in [2.45, 2.75) is 26.1 Å². The Morgan fingerprint density at radius 2 is 1.96 bits per heavy atom. The van der Waals surface area contributed by atoms with Crippen molar-refractivity contribution in [1.82, 2.24) is 5.32 Å². The summed E-state index contributed by atoms with van der Waals surface area (Å²) in [5.74, 6) is 0.436. The smallest absolute Gasteiger partial charge is 0.261 e. The fraction of sp³-hybridized carbons (Fsp3) is 0.316. The summed E-state index contributed by atoms with van der Waals surface area (Å²) in [6.45, 7) is 3.34. The van der Waals surface area contributed by atoms with E-state index < -0.39 is 6.10 Å². The molecular weight excluding hydrogens is 326 g/mol. The topological polar surface area (TPSA) is 47.6 Å². The fourth-order valence-corrected chi connectivity index (χ4v) is 2.33. The Kier molecular flexibility index (Phi) is 7.59. The molecule has 0 heterocycles. The fourth-order valence-electron chi connectivity index (χ4n) is 2.15. The molecule has 128 valence electrons. The van der Waals surface area contributed by atoms with Crippen LogP contribution in [0.2, 0.25) is 5.02 Å². The Hall–Kier alpha value is -2.04. The van der Waals surface area contributed by atoms with E-state index >= 15 is 0 Å². The van der Waals surface area contributed by atoms with Crippen molar-refractivity contribution in [1.29, 1.82) is 0 Å². The van der Waals surface area contributed by atoms with Gasteiger partial charge in [0.25, 0.3) is 5.91 Å². The molecule has 2 rings (SSSR count). The number of carbonyl (C=O) groups excluding carboxylic acids is 1. The molecule has 0 radical (unpaired) electrons. The van der Waals surface area contributed by atoms with Crippen molar-refractivity contribution in [2.24, 2.45) is 0 Å². The second-order valence-corrected chi connectivity index (χ2v) is 5.74. The number of amides is 1. The highest BCUT2D eigenvalue weighted by Gasteiger charge is 2.17. The molecular formula is C19H22ClNO3. The maximum Gasteiger partial charge on any atom is 0.261 e. The minimum Gasteiger partial charge on any atom is -0.481 e. The molecule has 0 saturated heterocycles. The van der Waals surface area contributed by atoms with Crippen molar-refractivity contribution in [2.75, 3.05) is 13.2 Å². The summed E-state index contributed by atoms with van der Waals surface area (Å²) in [5, 5.41) is 3.41. The average molecular weight is 348 g/mol. The summed E-state index contributed by atoms with van der Waals surface area (Å²) in [7, 11) is 0. The molecule has 2 aromatic carbocycles. The summed E-state index contributed by atoms with van der Waals surface area (Å²) >= 11 is 5.92. The van der Waals surface area contributed by atoms with Crippen LogP contribution < -0.4 is 10.1 Å². The summed E-state index contributed by atoms with van der Waals surface area (Å²) in [4.78, 5) is 12.2. The van der Waals surface area contributed by atoms with Gasteiger partial charge in [0.15, 0.2) is 6.10 Å². The first-order valence-electron chi connectivity index (χ1n) is 8.00. The van der Waals surface area contributed by atoms with Crippen molar-refractivity contribution in [3.05, 3.63) is 65.2 Å². The number of carbonyl (C=O) groups is 1. The highest BCUT2D eigenvalue weighted by molar-refractivity contribution is 6.30. The van der Waals surface area contributed by atoms with Gasteiger partial charge in [0.1, 0.15) is 5.75 Å². The maximum atomic E-state index is 12.2. The summed E-state index contributed by atoms with van der Waals surface area (Å²) in [5.41, 5.74) is 1.11. The van der Waals surface area contributed by atoms with E-state index in [0.717, 1.165) is 5.56 Å². The number of benzene rings is 2. The Labute approximate surface area is 147 Å². The molecule has 0 bridgehead atoms. The predicted molar refractivity (Wildman–Crippen MR) is 95.3 cm³/mol. The average Bonchev–Trinajstić information content (AvgIpc) is 2.60. The van der Waals surface area contributed by atoms with E-state index in [-0.39, 0.29) is 5.91 Å². The molecule has 0 fully saturated rings. The van der Waals surface area contributed by atoms with Crippen LogP contribution in [0, 0.1) is 0 Å². The molecule has 0 spiro atoms.